The fraction of sp³-hybridized carbons (Fsp3) is 0.857. The number of rotatable bonds is 2. The molecule has 0 aromatic carbocycles. The predicted molar refractivity (Wildman–Crippen MR) is 42.9 cm³/mol. The Kier molecular flexibility index (Phi) is 3.16. The second-order valence-corrected chi connectivity index (χ2v) is 3.26. The summed E-state index contributed by atoms with van der Waals surface area (Å²) < 4.78 is 24.8. The fourth-order valence-corrected chi connectivity index (χ4v) is 1.53. The zero-order valence-corrected chi connectivity index (χ0v) is 7.34. The Morgan fingerprint density at radius 2 is 2.23 bits per heavy atom. The molecule has 0 radical (unpaired) electrons. The van der Waals surface area contributed by atoms with E-state index in [-0.39, 0.29) is 19.0 Å². The minimum Gasteiger partial charge on any atom is -0.352 e. The van der Waals surface area contributed by atoms with E-state index < -0.39 is 18.4 Å². The minimum absolute atomic E-state index is 0.128. The van der Waals surface area contributed by atoms with Gasteiger partial charge < -0.3 is 5.32 Å². The van der Waals surface area contributed by atoms with Crippen LogP contribution >= 0.6 is 0 Å². The third-order valence-corrected chi connectivity index (χ3v) is 2.11. The van der Waals surface area contributed by atoms with Crippen LogP contribution in [0.25, 0.3) is 0 Å². The molecule has 13 heavy (non-hydrogen) atoms. The van der Waals surface area contributed by atoms with E-state index in [2.05, 4.69) is 5.32 Å². The van der Waals surface area contributed by atoms with Gasteiger partial charge in [0.15, 0.2) is 0 Å². The number of hydrogen-bond acceptors (Lipinski definition) is 3. The summed E-state index contributed by atoms with van der Waals surface area (Å²) in [7, 11) is 0. The van der Waals surface area contributed by atoms with Gasteiger partial charge in [-0.25, -0.2) is 13.8 Å². The van der Waals surface area contributed by atoms with Gasteiger partial charge >= 0.3 is 0 Å². The zero-order chi connectivity index (χ0) is 10.0. The molecule has 1 aliphatic heterocycles. The molecule has 4 nitrogen and oxygen atoms in total. The Hall–Kier alpha value is -0.750. The van der Waals surface area contributed by atoms with E-state index in [1.807, 2.05) is 0 Å². The number of hydrogen-bond donors (Lipinski definition) is 2. The van der Waals surface area contributed by atoms with E-state index in [0.29, 0.717) is 0 Å². The molecule has 6 heteroatoms. The number of hydrazine groups is 1. The topological polar surface area (TPSA) is 58.4 Å². The van der Waals surface area contributed by atoms with Crippen LogP contribution in [0.2, 0.25) is 0 Å². The van der Waals surface area contributed by atoms with E-state index >= 15 is 0 Å². The highest BCUT2D eigenvalue weighted by Crippen LogP contribution is 2.21. The Bertz CT molecular complexity index is 200. The maximum Gasteiger partial charge on any atom is 0.244 e. The van der Waals surface area contributed by atoms with E-state index in [1.165, 1.54) is 11.9 Å². The molecule has 76 valence electrons. The lowest BCUT2D eigenvalue weighted by Crippen LogP contribution is -2.41. The molecule has 1 rings (SSSR count). The lowest BCUT2D eigenvalue weighted by Gasteiger charge is -2.17. The van der Waals surface area contributed by atoms with Crippen molar-refractivity contribution in [3.05, 3.63) is 0 Å². The van der Waals surface area contributed by atoms with Crippen LogP contribution in [0.1, 0.15) is 6.92 Å². The summed E-state index contributed by atoms with van der Waals surface area (Å²) >= 11 is 0. The van der Waals surface area contributed by atoms with Gasteiger partial charge in [-0.1, -0.05) is 0 Å². The van der Waals surface area contributed by atoms with Gasteiger partial charge in [-0.3, -0.25) is 10.6 Å². The lowest BCUT2D eigenvalue weighted by molar-refractivity contribution is -0.120. The quantitative estimate of drug-likeness (QED) is 0.585. The number of nitrogens with two attached hydrogens (primary N) is 1. The summed E-state index contributed by atoms with van der Waals surface area (Å²) in [5.74, 6) is 4.22. The summed E-state index contributed by atoms with van der Waals surface area (Å²) in [5.41, 5.74) is 0. The molecule has 0 spiro atoms. The molecule has 0 aliphatic carbocycles. The third kappa shape index (κ3) is 2.60. The van der Waals surface area contributed by atoms with Crippen molar-refractivity contribution in [3.63, 3.8) is 0 Å². The Morgan fingerprint density at radius 3 is 2.69 bits per heavy atom. The van der Waals surface area contributed by atoms with Crippen molar-refractivity contribution in [1.29, 1.82) is 0 Å². The normalized spacial score (nSPS) is 29.6. The van der Waals surface area contributed by atoms with Crippen molar-refractivity contribution in [2.24, 2.45) is 11.8 Å². The highest BCUT2D eigenvalue weighted by molar-refractivity contribution is 5.73. The molecule has 1 heterocycles. The van der Waals surface area contributed by atoms with Crippen LogP contribution in [0.3, 0.4) is 0 Å². The van der Waals surface area contributed by atoms with Crippen LogP contribution in [0.15, 0.2) is 0 Å². The van der Waals surface area contributed by atoms with Crippen molar-refractivity contribution < 1.29 is 13.6 Å². The fourth-order valence-electron chi connectivity index (χ4n) is 1.53. The average molecular weight is 193 g/mol. The van der Waals surface area contributed by atoms with E-state index in [9.17, 15) is 13.6 Å². The van der Waals surface area contributed by atoms with E-state index in [4.69, 9.17) is 5.84 Å². The smallest absolute Gasteiger partial charge is 0.244 e. The van der Waals surface area contributed by atoms with Crippen molar-refractivity contribution in [1.82, 2.24) is 10.3 Å². The number of carbonyl (C=O) groups is 1. The molecule has 1 saturated heterocycles. The summed E-state index contributed by atoms with van der Waals surface area (Å²) in [6.07, 6.45) is -2.44. The standard InChI is InChI=1S/C7H13F2N3O/c1-4(13)11-6-3-12(10)2-5(6)7(8)9/h5-7H,2-3,10H2,1H3,(H,11,13). The first-order valence-corrected chi connectivity index (χ1v) is 4.05. The Labute approximate surface area is 75.0 Å². The molecule has 3 N–H and O–H groups in total. The number of halogens is 2. The molecule has 1 amide bonds. The SMILES string of the molecule is CC(=O)NC1CN(N)CC1C(F)F. The first-order chi connectivity index (χ1) is 6.00. The van der Waals surface area contributed by atoms with Crippen LogP contribution in [-0.2, 0) is 4.79 Å². The van der Waals surface area contributed by atoms with Gasteiger partial charge in [-0.05, 0) is 0 Å². The molecule has 0 aromatic rings. The monoisotopic (exact) mass is 193 g/mol. The zero-order valence-electron chi connectivity index (χ0n) is 7.34. The van der Waals surface area contributed by atoms with E-state index in [0.717, 1.165) is 0 Å². The van der Waals surface area contributed by atoms with Gasteiger partial charge in [-0.15, -0.1) is 0 Å². The van der Waals surface area contributed by atoms with Gasteiger partial charge in [0.2, 0.25) is 12.3 Å². The molecule has 1 fully saturated rings. The van der Waals surface area contributed by atoms with Crippen LogP contribution in [0.4, 0.5) is 8.78 Å². The van der Waals surface area contributed by atoms with Crippen LogP contribution < -0.4 is 11.2 Å². The third-order valence-electron chi connectivity index (χ3n) is 2.11. The highest BCUT2D eigenvalue weighted by atomic mass is 19.3. The second-order valence-electron chi connectivity index (χ2n) is 3.26. The second kappa shape index (κ2) is 3.97. The summed E-state index contributed by atoms with van der Waals surface area (Å²) in [6, 6.07) is -0.525. The number of alkyl halides is 2. The number of nitrogens with zero attached hydrogens (tertiary/aromatic N) is 1. The summed E-state index contributed by atoms with van der Waals surface area (Å²) in [6.45, 7) is 1.72. The molecule has 0 saturated carbocycles. The van der Waals surface area contributed by atoms with Crippen LogP contribution in [0, 0.1) is 5.92 Å². The van der Waals surface area contributed by atoms with Crippen molar-refractivity contribution >= 4 is 5.91 Å². The summed E-state index contributed by atoms with van der Waals surface area (Å²) in [5, 5.41) is 3.77. The highest BCUT2D eigenvalue weighted by Gasteiger charge is 2.37. The first-order valence-electron chi connectivity index (χ1n) is 4.05. The molecule has 1 aliphatic rings. The summed E-state index contributed by atoms with van der Waals surface area (Å²) in [4.78, 5) is 10.7. The van der Waals surface area contributed by atoms with Crippen molar-refractivity contribution in [2.75, 3.05) is 13.1 Å². The van der Waals surface area contributed by atoms with Crippen molar-refractivity contribution in [3.8, 4) is 0 Å². The maximum atomic E-state index is 12.4. The Morgan fingerprint density at radius 1 is 1.62 bits per heavy atom. The van der Waals surface area contributed by atoms with Crippen molar-refractivity contribution in [2.45, 2.75) is 19.4 Å². The van der Waals surface area contributed by atoms with Crippen LogP contribution in [-0.4, -0.2) is 36.5 Å². The van der Waals surface area contributed by atoms with Gasteiger partial charge in [0.05, 0.1) is 12.0 Å². The van der Waals surface area contributed by atoms with Gasteiger partial charge in [0.1, 0.15) is 0 Å². The van der Waals surface area contributed by atoms with Gasteiger partial charge in [0.25, 0.3) is 0 Å². The number of nitrogens with one attached hydrogen (secondary N) is 1. The lowest BCUT2D eigenvalue weighted by atomic mass is 10.1. The molecule has 2 atom stereocenters. The molecule has 0 aromatic heterocycles. The predicted octanol–water partition coefficient (Wildman–Crippen LogP) is -0.438. The molecule has 2 unspecified atom stereocenters. The molecule has 0 bridgehead atoms. The van der Waals surface area contributed by atoms with Crippen LogP contribution in [0.5, 0.6) is 0 Å². The molecular formula is C7H13F2N3O. The first kappa shape index (κ1) is 10.3. The molecular weight excluding hydrogens is 180 g/mol. The Balaban J connectivity index is 2.55. The van der Waals surface area contributed by atoms with Gasteiger partial charge in [0, 0.05) is 20.0 Å². The maximum absolute atomic E-state index is 12.4. The minimum atomic E-state index is -2.44. The largest absolute Gasteiger partial charge is 0.352 e. The van der Waals surface area contributed by atoms with E-state index in [1.54, 1.807) is 0 Å². The number of amides is 1. The van der Waals surface area contributed by atoms with Gasteiger partial charge in [-0.2, -0.15) is 0 Å². The average Bonchev–Trinajstić information content (AvgIpc) is 2.29. The number of carbonyl (C=O) groups excluding carboxylic acids is 1.